The monoisotopic (exact) mass is 148 g/mol. The molecule has 0 saturated heterocycles. The number of rotatable bonds is 5. The Kier molecular flexibility index (Phi) is 21.1. The topological polar surface area (TPSA) is 0 Å². The van der Waals surface area contributed by atoms with Crippen molar-refractivity contribution < 1.29 is 0 Å². The van der Waals surface area contributed by atoms with Gasteiger partial charge in [0.2, 0.25) is 0 Å². The Balaban J connectivity index is 0. The molecule has 11 heavy (non-hydrogen) atoms. The molecule has 0 N–H and O–H groups in total. The zero-order valence-corrected chi connectivity index (χ0v) is 8.53. The van der Waals surface area contributed by atoms with E-state index in [0.717, 1.165) is 5.09 Å². The molecule has 0 amide bonds. The Morgan fingerprint density at radius 1 is 1.09 bits per heavy atom. The van der Waals surface area contributed by atoms with Crippen LogP contribution in [0.4, 0.5) is 0 Å². The van der Waals surface area contributed by atoms with Gasteiger partial charge in [0.1, 0.15) is 0 Å². The fourth-order valence-electron chi connectivity index (χ4n) is 0.677. The molecule has 0 nitrogen and oxygen atoms in total. The minimum atomic E-state index is 1.08. The summed E-state index contributed by atoms with van der Waals surface area (Å²) in [5, 5.41) is 1.08. The predicted octanol–water partition coefficient (Wildman–Crippen LogP) is 3.74. The van der Waals surface area contributed by atoms with E-state index in [9.17, 15) is 0 Å². The molecule has 0 aromatic rings. The van der Waals surface area contributed by atoms with Crippen molar-refractivity contribution in [1.82, 2.24) is 0 Å². The third-order valence-corrected chi connectivity index (χ3v) is 1.50. The van der Waals surface area contributed by atoms with E-state index in [4.69, 9.17) is 0 Å². The van der Waals surface area contributed by atoms with Crippen molar-refractivity contribution in [3.63, 3.8) is 0 Å². The van der Waals surface area contributed by atoms with Gasteiger partial charge in [-0.05, 0) is 0 Å². The third kappa shape index (κ3) is 25.2. The molecule has 0 spiro atoms. The predicted molar refractivity (Wildman–Crippen MR) is 55.2 cm³/mol. The molecule has 1 heteroatoms. The average Bonchev–Trinajstić information content (AvgIpc) is 2.06. The second kappa shape index (κ2) is 16.7. The average molecular weight is 148 g/mol. The van der Waals surface area contributed by atoms with Gasteiger partial charge >= 0.3 is 35.5 Å². The summed E-state index contributed by atoms with van der Waals surface area (Å²) in [6.45, 7) is 7.97. The van der Waals surface area contributed by atoms with E-state index >= 15 is 0 Å². The van der Waals surface area contributed by atoms with Crippen LogP contribution >= 0.6 is 0 Å². The molecule has 0 aliphatic heterocycles. The van der Waals surface area contributed by atoms with Crippen LogP contribution in [-0.4, -0.2) is 17.7 Å². The van der Waals surface area contributed by atoms with Gasteiger partial charge in [0.05, 0.1) is 0 Å². The summed E-state index contributed by atoms with van der Waals surface area (Å²) < 4.78 is 0. The maximum atomic E-state index is 3.48. The first-order valence-corrected chi connectivity index (χ1v) is 4.94. The van der Waals surface area contributed by atoms with Gasteiger partial charge in [-0.15, -0.1) is 0 Å². The van der Waals surface area contributed by atoms with Crippen molar-refractivity contribution in [1.29, 1.82) is 0 Å². The molecular weight excluding hydrogens is 127 g/mol. The SMILES string of the molecule is CCCCCCC.[Li][CH2]C=C. The van der Waals surface area contributed by atoms with Gasteiger partial charge in [0, 0.05) is 0 Å². The molecule has 0 aromatic carbocycles. The van der Waals surface area contributed by atoms with Crippen LogP contribution in [0.15, 0.2) is 12.7 Å². The van der Waals surface area contributed by atoms with Gasteiger partial charge in [-0.1, -0.05) is 46.0 Å². The maximum absolute atomic E-state index is 3.48. The Labute approximate surface area is 81.7 Å². The molecule has 0 aliphatic rings. The zero-order chi connectivity index (χ0) is 8.95. The molecule has 0 saturated carbocycles. The van der Waals surface area contributed by atoms with E-state index in [1.807, 2.05) is 6.08 Å². The van der Waals surface area contributed by atoms with Gasteiger partial charge in [0.25, 0.3) is 0 Å². The number of hydrogen-bond acceptors (Lipinski definition) is 0. The fourth-order valence-corrected chi connectivity index (χ4v) is 0.677. The van der Waals surface area contributed by atoms with Gasteiger partial charge < -0.3 is 0 Å². The molecule has 0 aromatic heterocycles. The van der Waals surface area contributed by atoms with E-state index < -0.39 is 0 Å². The molecule has 0 atom stereocenters. The van der Waals surface area contributed by atoms with Crippen LogP contribution in [0, 0.1) is 0 Å². The standard InChI is InChI=1S/C7H16.C3H5.Li/c1-3-5-7-6-4-2;1-3-2;/h3-7H2,1-2H3;3H,1-2H2;. The Hall–Kier alpha value is 0.337. The molecule has 0 heterocycles. The summed E-state index contributed by atoms with van der Waals surface area (Å²) >= 11 is 2.06. The summed E-state index contributed by atoms with van der Waals surface area (Å²) in [6.07, 6.45) is 8.88. The molecule has 0 unspecified atom stereocenters. The third-order valence-electron chi connectivity index (χ3n) is 1.50. The quantitative estimate of drug-likeness (QED) is 0.316. The number of hydrogen-bond donors (Lipinski definition) is 0. The molecule has 0 fully saturated rings. The second-order valence-corrected chi connectivity index (χ2v) is 2.76. The Morgan fingerprint density at radius 2 is 1.45 bits per heavy atom. The molecule has 0 radical (unpaired) electrons. The van der Waals surface area contributed by atoms with E-state index in [1.54, 1.807) is 0 Å². The summed E-state index contributed by atoms with van der Waals surface area (Å²) in [7, 11) is 0. The number of unbranched alkanes of at least 4 members (excludes halogenated alkanes) is 4. The molecular formula is C10H21Li. The van der Waals surface area contributed by atoms with Crippen LogP contribution in [0.5, 0.6) is 0 Å². The van der Waals surface area contributed by atoms with Crippen molar-refractivity contribution in [3.05, 3.63) is 12.7 Å². The van der Waals surface area contributed by atoms with Crippen molar-refractivity contribution in [2.75, 3.05) is 0 Å². The molecule has 0 bridgehead atoms. The molecule has 62 valence electrons. The van der Waals surface area contributed by atoms with Gasteiger partial charge in [0.15, 0.2) is 0 Å². The van der Waals surface area contributed by atoms with Gasteiger partial charge in [-0.3, -0.25) is 0 Å². The zero-order valence-electron chi connectivity index (χ0n) is 8.53. The number of allylic oxidation sites excluding steroid dienone is 1. The van der Waals surface area contributed by atoms with E-state index in [0.29, 0.717) is 0 Å². The van der Waals surface area contributed by atoms with E-state index in [1.165, 1.54) is 32.1 Å². The molecule has 0 aliphatic carbocycles. The fraction of sp³-hybridized carbons (Fsp3) is 0.800. The Morgan fingerprint density at radius 3 is 1.64 bits per heavy atom. The minimum absolute atomic E-state index is 1.08. The van der Waals surface area contributed by atoms with Crippen LogP contribution in [0.25, 0.3) is 0 Å². The van der Waals surface area contributed by atoms with Crippen molar-refractivity contribution in [2.24, 2.45) is 0 Å². The van der Waals surface area contributed by atoms with Gasteiger partial charge in [-0.25, -0.2) is 0 Å². The van der Waals surface area contributed by atoms with Gasteiger partial charge in [-0.2, -0.15) is 0 Å². The molecule has 0 rings (SSSR count). The summed E-state index contributed by atoms with van der Waals surface area (Å²) in [4.78, 5) is 0. The van der Waals surface area contributed by atoms with Crippen molar-refractivity contribution >= 4 is 17.7 Å². The van der Waals surface area contributed by atoms with Crippen LogP contribution in [0.1, 0.15) is 46.0 Å². The van der Waals surface area contributed by atoms with Crippen LogP contribution < -0.4 is 0 Å². The van der Waals surface area contributed by atoms with Crippen LogP contribution in [0.3, 0.4) is 0 Å². The van der Waals surface area contributed by atoms with Crippen LogP contribution in [-0.2, 0) is 0 Å². The van der Waals surface area contributed by atoms with Crippen LogP contribution in [0.2, 0.25) is 5.09 Å². The van der Waals surface area contributed by atoms with E-state index in [-0.39, 0.29) is 0 Å². The summed E-state index contributed by atoms with van der Waals surface area (Å²) in [5.41, 5.74) is 0. The normalized spacial score (nSPS) is 8.36. The first kappa shape index (κ1) is 13.9. The first-order chi connectivity index (χ1) is 5.33. The van der Waals surface area contributed by atoms with Crippen molar-refractivity contribution in [2.45, 2.75) is 51.0 Å². The van der Waals surface area contributed by atoms with Crippen molar-refractivity contribution in [3.8, 4) is 0 Å². The first-order valence-electron chi connectivity index (χ1n) is 4.94. The summed E-state index contributed by atoms with van der Waals surface area (Å²) in [6, 6.07) is 0. The Bertz CT molecular complexity index is 55.9. The summed E-state index contributed by atoms with van der Waals surface area (Å²) in [5.74, 6) is 0. The van der Waals surface area contributed by atoms with E-state index in [2.05, 4.69) is 38.1 Å². The second-order valence-electron chi connectivity index (χ2n) is 2.76.